The number of hydrogen-bond donors (Lipinski definition) is 7. The second kappa shape index (κ2) is 12.0. The molecule has 2 fully saturated rings. The highest BCUT2D eigenvalue weighted by Gasteiger charge is 2.50. The third-order valence-electron chi connectivity index (χ3n) is 9.45. The molecule has 14 nitrogen and oxygen atoms in total. The number of rotatable bonds is 6. The zero-order valence-corrected chi connectivity index (χ0v) is 25.2. The summed E-state index contributed by atoms with van der Waals surface area (Å²) in [6.07, 6.45) is -8.83. The van der Waals surface area contributed by atoms with Crippen LogP contribution in [0.15, 0.2) is 24.3 Å². The second-order valence-corrected chi connectivity index (χ2v) is 12.5. The van der Waals surface area contributed by atoms with Crippen LogP contribution in [0.2, 0.25) is 0 Å². The van der Waals surface area contributed by atoms with E-state index in [0.717, 1.165) is 0 Å². The molecule has 0 unspecified atom stereocenters. The van der Waals surface area contributed by atoms with Gasteiger partial charge in [-0.2, -0.15) is 0 Å². The predicted molar refractivity (Wildman–Crippen MR) is 155 cm³/mol. The average molecular weight is 644 g/mol. The monoisotopic (exact) mass is 643 g/mol. The number of carbonyl (C=O) groups excluding carboxylic acids is 3. The van der Waals surface area contributed by atoms with Gasteiger partial charge in [-0.1, -0.05) is 24.3 Å². The molecule has 6 rings (SSSR count). The van der Waals surface area contributed by atoms with Crippen molar-refractivity contribution in [3.63, 3.8) is 0 Å². The summed E-state index contributed by atoms with van der Waals surface area (Å²) in [5.41, 5.74) is 2.51. The van der Waals surface area contributed by atoms with Crippen molar-refractivity contribution in [2.45, 2.75) is 100 Å². The molecule has 248 valence electrons. The Labute approximate surface area is 263 Å². The summed E-state index contributed by atoms with van der Waals surface area (Å²) in [4.78, 5) is 39.7. The van der Waals surface area contributed by atoms with Gasteiger partial charge in [0, 0.05) is 54.0 Å². The average Bonchev–Trinajstić information content (AvgIpc) is 3.01. The number of aromatic hydroxyl groups is 2. The van der Waals surface area contributed by atoms with Gasteiger partial charge in [0.2, 0.25) is 0 Å². The third-order valence-corrected chi connectivity index (χ3v) is 9.45. The highest BCUT2D eigenvalue weighted by molar-refractivity contribution is 6.30. The maximum Gasteiger partial charge on any atom is 0.198 e. The Balaban J connectivity index is 1.31. The topological polar surface area (TPSA) is 236 Å². The Morgan fingerprint density at radius 3 is 2.13 bits per heavy atom. The molecule has 2 heterocycles. The molecule has 0 aromatic heterocycles. The number of benzene rings is 2. The SMILES string of the molecule is C[C@@H]1O[C@@H](O[C@@H]2[C@H](C)O[C@@H](O[C@H]3C[C@](O)(C(=O)CO)Cc4c(O)c5c(c(O)c43)C(=O)c3ccccc3C5=O)C[C@@H]2O)C[C@H](N)[C@H]1O. The van der Waals surface area contributed by atoms with Crippen molar-refractivity contribution in [3.8, 4) is 11.5 Å². The van der Waals surface area contributed by atoms with Crippen molar-refractivity contribution < 1.29 is 64.0 Å². The number of nitrogens with two attached hydrogens (primary N) is 1. The van der Waals surface area contributed by atoms with E-state index < -0.39 is 120 Å². The van der Waals surface area contributed by atoms with Crippen LogP contribution in [0.1, 0.15) is 82.2 Å². The number of hydrogen-bond acceptors (Lipinski definition) is 14. The van der Waals surface area contributed by atoms with Crippen molar-refractivity contribution in [2.75, 3.05) is 6.61 Å². The summed E-state index contributed by atoms with van der Waals surface area (Å²) in [7, 11) is 0. The fraction of sp³-hybridized carbons (Fsp3) is 0.531. The van der Waals surface area contributed by atoms with Gasteiger partial charge in [-0.05, 0) is 13.8 Å². The number of carbonyl (C=O) groups is 3. The van der Waals surface area contributed by atoms with Crippen molar-refractivity contribution in [3.05, 3.63) is 57.6 Å². The summed E-state index contributed by atoms with van der Waals surface area (Å²) in [5.74, 6) is -3.80. The van der Waals surface area contributed by atoms with Gasteiger partial charge in [-0.25, -0.2) is 0 Å². The first-order valence-corrected chi connectivity index (χ1v) is 15.1. The van der Waals surface area contributed by atoms with Gasteiger partial charge in [0.05, 0.1) is 41.6 Å². The van der Waals surface area contributed by atoms with E-state index in [-0.39, 0.29) is 35.1 Å². The van der Waals surface area contributed by atoms with Crippen LogP contribution >= 0.6 is 0 Å². The Morgan fingerprint density at radius 2 is 1.54 bits per heavy atom. The molecule has 0 amide bonds. The molecule has 0 spiro atoms. The minimum Gasteiger partial charge on any atom is -0.507 e. The molecule has 0 bridgehead atoms. The molecule has 2 aromatic rings. The lowest BCUT2D eigenvalue weighted by atomic mass is 9.72. The first-order chi connectivity index (χ1) is 21.7. The van der Waals surface area contributed by atoms with Crippen LogP contribution < -0.4 is 5.73 Å². The Hall–Kier alpha value is -3.31. The summed E-state index contributed by atoms with van der Waals surface area (Å²) in [5, 5.41) is 65.1. The summed E-state index contributed by atoms with van der Waals surface area (Å²) < 4.78 is 23.8. The molecule has 46 heavy (non-hydrogen) atoms. The highest BCUT2D eigenvalue weighted by atomic mass is 16.7. The van der Waals surface area contributed by atoms with E-state index in [0.29, 0.717) is 0 Å². The summed E-state index contributed by atoms with van der Waals surface area (Å²) in [6, 6.07) is 5.34. The lowest BCUT2D eigenvalue weighted by Gasteiger charge is -2.44. The normalized spacial score (nSPS) is 35.7. The second-order valence-electron chi connectivity index (χ2n) is 12.5. The molecule has 14 heteroatoms. The van der Waals surface area contributed by atoms with Crippen molar-refractivity contribution in [1.82, 2.24) is 0 Å². The molecule has 2 aromatic carbocycles. The number of aliphatic hydroxyl groups excluding tert-OH is 3. The van der Waals surface area contributed by atoms with Gasteiger partial charge in [0.25, 0.3) is 0 Å². The number of phenolic OH excluding ortho intramolecular Hbond substituents is 2. The molecule has 10 atom stereocenters. The summed E-state index contributed by atoms with van der Waals surface area (Å²) >= 11 is 0. The molecular weight excluding hydrogens is 606 g/mol. The van der Waals surface area contributed by atoms with E-state index in [9.17, 15) is 45.0 Å². The molecule has 0 saturated carbocycles. The van der Waals surface area contributed by atoms with Crippen LogP contribution in [0, 0.1) is 0 Å². The van der Waals surface area contributed by atoms with Crippen LogP contribution in [-0.4, -0.2) is 109 Å². The lowest BCUT2D eigenvalue weighted by molar-refractivity contribution is -0.311. The first-order valence-electron chi connectivity index (χ1n) is 15.1. The maximum absolute atomic E-state index is 13.5. The maximum atomic E-state index is 13.5. The standard InChI is InChI=1S/C32H37NO13/c1-12-26(37)17(33)7-21(43-12)46-31-13(2)44-22(8-18(31)35)45-19-10-32(42,20(36)11-34)9-16-23(19)30(41)25-24(29(16)40)27(38)14-5-3-4-6-15(14)28(25)39/h3-6,12-13,17-19,21-22,26,31,34-35,37,40-42H,7-11,33H2,1-2H3/t12-,13-,17-,18-,19-,21-,22-,26-,31+,32-/m0/s1. The van der Waals surface area contributed by atoms with Crippen LogP contribution in [0.5, 0.6) is 11.5 Å². The van der Waals surface area contributed by atoms with E-state index in [1.54, 1.807) is 26.0 Å². The van der Waals surface area contributed by atoms with Crippen LogP contribution in [0.25, 0.3) is 0 Å². The fourth-order valence-corrected chi connectivity index (χ4v) is 7.00. The third kappa shape index (κ3) is 5.33. The van der Waals surface area contributed by atoms with E-state index >= 15 is 0 Å². The number of phenols is 2. The Morgan fingerprint density at radius 1 is 0.957 bits per heavy atom. The van der Waals surface area contributed by atoms with Gasteiger partial charge in [-0.15, -0.1) is 0 Å². The fourth-order valence-electron chi connectivity index (χ4n) is 7.00. The van der Waals surface area contributed by atoms with Crippen LogP contribution in [-0.2, 0) is 30.2 Å². The molecule has 0 radical (unpaired) electrons. The smallest absolute Gasteiger partial charge is 0.198 e. The van der Waals surface area contributed by atoms with Crippen molar-refractivity contribution in [1.29, 1.82) is 0 Å². The highest BCUT2D eigenvalue weighted by Crippen LogP contribution is 2.52. The largest absolute Gasteiger partial charge is 0.507 e. The number of ketones is 3. The molecule has 2 aliphatic heterocycles. The van der Waals surface area contributed by atoms with E-state index in [4.69, 9.17) is 24.7 Å². The zero-order chi connectivity index (χ0) is 33.2. The van der Waals surface area contributed by atoms with Gasteiger partial charge in [-0.3, -0.25) is 14.4 Å². The van der Waals surface area contributed by atoms with Crippen LogP contribution in [0.3, 0.4) is 0 Å². The van der Waals surface area contributed by atoms with Crippen molar-refractivity contribution >= 4 is 17.3 Å². The van der Waals surface area contributed by atoms with Crippen LogP contribution in [0.4, 0.5) is 0 Å². The Bertz CT molecular complexity index is 1550. The number of fused-ring (bicyclic) bond motifs is 3. The molecule has 2 aliphatic carbocycles. The molecule has 8 N–H and O–H groups in total. The zero-order valence-electron chi connectivity index (χ0n) is 25.2. The van der Waals surface area contributed by atoms with E-state index in [1.165, 1.54) is 12.1 Å². The lowest BCUT2D eigenvalue weighted by Crippen LogP contribution is -2.56. The molecule has 4 aliphatic rings. The summed E-state index contributed by atoms with van der Waals surface area (Å²) in [6.45, 7) is 2.23. The molecular formula is C32H37NO13. The van der Waals surface area contributed by atoms with Gasteiger partial charge in [0.15, 0.2) is 29.9 Å². The van der Waals surface area contributed by atoms with E-state index in [1.807, 2.05) is 0 Å². The number of Topliss-reactive ketones (excluding diaryl/α,β-unsaturated/α-hetero) is 1. The van der Waals surface area contributed by atoms with E-state index in [2.05, 4.69) is 0 Å². The number of ether oxygens (including phenoxy) is 4. The van der Waals surface area contributed by atoms with Crippen molar-refractivity contribution in [2.24, 2.45) is 5.73 Å². The molecule has 2 saturated heterocycles. The predicted octanol–water partition coefficient (Wildman–Crippen LogP) is -0.126. The van der Waals surface area contributed by atoms with Gasteiger partial charge >= 0.3 is 0 Å². The minimum absolute atomic E-state index is 0.0153. The number of aliphatic hydroxyl groups is 4. The minimum atomic E-state index is -2.28. The quantitative estimate of drug-likeness (QED) is 0.173. The first kappa shape index (κ1) is 32.6. The van der Waals surface area contributed by atoms with Gasteiger partial charge in [0.1, 0.15) is 29.8 Å². The Kier molecular flexibility index (Phi) is 8.54. The van der Waals surface area contributed by atoms with Gasteiger partial charge < -0.3 is 55.3 Å².